The molecule has 0 spiro atoms. The van der Waals surface area contributed by atoms with Crippen LogP contribution in [0.15, 0.2) is 22.6 Å². The van der Waals surface area contributed by atoms with E-state index in [1.165, 1.54) is 5.57 Å². The van der Waals surface area contributed by atoms with Crippen molar-refractivity contribution in [3.63, 3.8) is 0 Å². The minimum absolute atomic E-state index is 0.00598. The lowest BCUT2D eigenvalue weighted by atomic mass is 9.98. The quantitative estimate of drug-likeness (QED) is 0.333. The van der Waals surface area contributed by atoms with Gasteiger partial charge < -0.3 is 30.0 Å². The van der Waals surface area contributed by atoms with Crippen molar-refractivity contribution >= 4 is 6.34 Å². The predicted octanol–water partition coefficient (Wildman–Crippen LogP) is 2.58. The summed E-state index contributed by atoms with van der Waals surface area (Å²) in [5.74, 6) is 0.348. The van der Waals surface area contributed by atoms with E-state index in [4.69, 9.17) is 24.7 Å². The van der Waals surface area contributed by atoms with Crippen molar-refractivity contribution in [3.05, 3.63) is 34.5 Å². The Morgan fingerprint density at radius 2 is 2.00 bits per heavy atom. The number of nitrogens with one attached hydrogen (secondary N) is 2. The van der Waals surface area contributed by atoms with Gasteiger partial charge in [-0.15, -0.1) is 0 Å². The molecule has 10 heteroatoms. The minimum atomic E-state index is -0.443. The molecule has 0 radical (unpaired) electrons. The molecule has 1 aromatic heterocycles. The van der Waals surface area contributed by atoms with Crippen molar-refractivity contribution in [2.75, 3.05) is 19.8 Å². The summed E-state index contributed by atoms with van der Waals surface area (Å²) in [6, 6.07) is 0. The third kappa shape index (κ3) is 5.39. The number of ether oxygens (including phenoxy) is 4. The lowest BCUT2D eigenvalue weighted by molar-refractivity contribution is -0.0521. The Kier molecular flexibility index (Phi) is 7.54. The lowest BCUT2D eigenvalue weighted by Crippen LogP contribution is -2.31. The molecule has 38 heavy (non-hydrogen) atoms. The molecule has 6 rings (SSSR count). The van der Waals surface area contributed by atoms with Gasteiger partial charge >= 0.3 is 0 Å². The number of hydrogen-bond acceptors (Lipinski definition) is 10. The van der Waals surface area contributed by atoms with Crippen LogP contribution in [0.2, 0.25) is 0 Å². The molecule has 0 amide bonds. The Labute approximate surface area is 225 Å². The van der Waals surface area contributed by atoms with Crippen LogP contribution in [0.3, 0.4) is 0 Å². The van der Waals surface area contributed by atoms with E-state index < -0.39 is 5.60 Å². The van der Waals surface area contributed by atoms with Gasteiger partial charge in [0.1, 0.15) is 30.4 Å². The summed E-state index contributed by atoms with van der Waals surface area (Å²) < 4.78 is 24.0. The smallest absolute Gasteiger partial charge is 0.136 e. The molecule has 8 atom stereocenters. The van der Waals surface area contributed by atoms with Crippen molar-refractivity contribution in [3.8, 4) is 0 Å². The Bertz CT molecular complexity index is 1080. The van der Waals surface area contributed by atoms with Crippen LogP contribution in [0.5, 0.6) is 0 Å². The van der Waals surface area contributed by atoms with Gasteiger partial charge in [0.05, 0.1) is 54.9 Å². The summed E-state index contributed by atoms with van der Waals surface area (Å²) >= 11 is 0. The van der Waals surface area contributed by atoms with Crippen LogP contribution in [-0.2, 0) is 24.5 Å². The number of aromatic nitrogens is 2. The third-order valence-corrected chi connectivity index (χ3v) is 8.59. The second-order valence-electron chi connectivity index (χ2n) is 11.6. The number of unbranched alkanes of at least 4 members (excludes halogenated alkanes) is 1. The van der Waals surface area contributed by atoms with Gasteiger partial charge in [0, 0.05) is 11.1 Å². The van der Waals surface area contributed by atoms with Crippen molar-refractivity contribution in [2.24, 2.45) is 10.7 Å². The average Bonchev–Trinajstić information content (AvgIpc) is 3.61. The van der Waals surface area contributed by atoms with E-state index in [2.05, 4.69) is 46.4 Å². The Balaban J connectivity index is 0.911. The third-order valence-electron chi connectivity index (χ3n) is 8.59. The number of hydrogen-bond donors (Lipinski definition) is 3. The number of aliphatic imine (C=N–C) groups is 1. The van der Waals surface area contributed by atoms with Crippen LogP contribution < -0.4 is 16.4 Å². The monoisotopic (exact) mass is 526 g/mol. The highest BCUT2D eigenvalue weighted by Crippen LogP contribution is 2.52. The molecule has 208 valence electrons. The molecular formula is C28H42N6O4. The van der Waals surface area contributed by atoms with Crippen molar-refractivity contribution < 1.29 is 18.9 Å². The Hall–Kier alpha value is -1.95. The largest absolute Gasteiger partial charge is 0.373 e. The molecule has 0 bridgehead atoms. The van der Waals surface area contributed by atoms with E-state index in [1.807, 2.05) is 0 Å². The zero-order chi connectivity index (χ0) is 26.3. The molecule has 8 unspecified atom stereocenters. The maximum Gasteiger partial charge on any atom is 0.136 e. The maximum absolute atomic E-state index is 6.28. The fourth-order valence-corrected chi connectivity index (χ4v) is 6.16. The summed E-state index contributed by atoms with van der Waals surface area (Å²) in [6.45, 7) is 8.57. The normalized spacial score (nSPS) is 35.7. The Morgan fingerprint density at radius 3 is 2.79 bits per heavy atom. The predicted molar refractivity (Wildman–Crippen MR) is 143 cm³/mol. The molecular weight excluding hydrogens is 484 g/mol. The molecule has 0 aromatic carbocycles. The van der Waals surface area contributed by atoms with E-state index in [0.29, 0.717) is 25.2 Å². The molecule has 2 aliphatic carbocycles. The van der Waals surface area contributed by atoms with Crippen molar-refractivity contribution in [2.45, 2.75) is 114 Å². The van der Waals surface area contributed by atoms with Gasteiger partial charge in [-0.05, 0) is 64.8 Å². The van der Waals surface area contributed by atoms with Crippen LogP contribution in [-0.4, -0.2) is 72.9 Å². The number of nitrogens with zero attached hydrogens (tertiary/aromatic N) is 3. The van der Waals surface area contributed by atoms with E-state index in [-0.39, 0.29) is 30.7 Å². The fraction of sp³-hybridized carbons (Fsp3) is 0.750. The van der Waals surface area contributed by atoms with E-state index in [0.717, 1.165) is 74.1 Å². The van der Waals surface area contributed by atoms with Crippen LogP contribution in [0.1, 0.15) is 88.6 Å². The number of nitrogens with two attached hydrogens (primary N) is 1. The van der Waals surface area contributed by atoms with Gasteiger partial charge in [0.2, 0.25) is 0 Å². The van der Waals surface area contributed by atoms with Gasteiger partial charge in [0.25, 0.3) is 0 Å². The van der Waals surface area contributed by atoms with Crippen LogP contribution in [0.4, 0.5) is 0 Å². The molecule has 1 aromatic rings. The average molecular weight is 527 g/mol. The highest BCUT2D eigenvalue weighted by Gasteiger charge is 2.53. The van der Waals surface area contributed by atoms with Gasteiger partial charge in [-0.2, -0.15) is 0 Å². The van der Waals surface area contributed by atoms with Crippen molar-refractivity contribution in [1.29, 1.82) is 0 Å². The van der Waals surface area contributed by atoms with Crippen LogP contribution in [0.25, 0.3) is 0 Å². The first-order valence-electron chi connectivity index (χ1n) is 14.4. The zero-order valence-electron chi connectivity index (χ0n) is 22.8. The van der Waals surface area contributed by atoms with E-state index >= 15 is 0 Å². The first-order valence-corrected chi connectivity index (χ1v) is 14.4. The molecule has 5 aliphatic rings. The zero-order valence-corrected chi connectivity index (χ0v) is 22.8. The van der Waals surface area contributed by atoms with Gasteiger partial charge in [0.15, 0.2) is 0 Å². The van der Waals surface area contributed by atoms with E-state index in [1.54, 1.807) is 12.7 Å². The maximum atomic E-state index is 6.28. The van der Waals surface area contributed by atoms with Crippen LogP contribution in [0, 0.1) is 0 Å². The second-order valence-corrected chi connectivity index (χ2v) is 11.6. The second kappa shape index (κ2) is 10.9. The molecule has 2 fully saturated rings. The molecule has 10 nitrogen and oxygen atoms in total. The lowest BCUT2D eigenvalue weighted by Gasteiger charge is -2.17. The van der Waals surface area contributed by atoms with Gasteiger partial charge in [-0.1, -0.05) is 13.3 Å². The molecule has 3 aliphatic heterocycles. The number of fused-ring (bicyclic) bond motifs is 1. The van der Waals surface area contributed by atoms with E-state index in [9.17, 15) is 0 Å². The summed E-state index contributed by atoms with van der Waals surface area (Å²) in [4.78, 5) is 13.7. The summed E-state index contributed by atoms with van der Waals surface area (Å²) in [5, 5.41) is 6.85. The Morgan fingerprint density at radius 1 is 1.16 bits per heavy atom. The SMILES string of the molecule is CC1CCC(COC2C3=C2C(NCCCCC(C)c2ncnc4c2C4(C)OCC2CCC(N)O2)N=CN3)O1. The summed E-state index contributed by atoms with van der Waals surface area (Å²) in [6.07, 6.45) is 11.3. The number of rotatable bonds is 13. The highest BCUT2D eigenvalue weighted by molar-refractivity contribution is 5.68. The highest BCUT2D eigenvalue weighted by atomic mass is 16.6. The molecule has 0 saturated carbocycles. The van der Waals surface area contributed by atoms with Gasteiger partial charge in [-0.25, -0.2) is 9.97 Å². The summed E-state index contributed by atoms with van der Waals surface area (Å²) in [7, 11) is 0. The first kappa shape index (κ1) is 26.3. The fourth-order valence-electron chi connectivity index (χ4n) is 6.16. The molecule has 4 N–H and O–H groups in total. The molecule has 4 heterocycles. The first-order chi connectivity index (χ1) is 18.4. The summed E-state index contributed by atoms with van der Waals surface area (Å²) in [5.41, 5.74) is 11.1. The topological polar surface area (TPSA) is 125 Å². The van der Waals surface area contributed by atoms with Gasteiger partial charge in [-0.3, -0.25) is 10.3 Å². The molecule has 2 saturated heterocycles. The minimum Gasteiger partial charge on any atom is -0.373 e. The standard InChI is InChI=1S/C28H42N6O4/c1-16(23-22-26(33-14-31-23)28(22,3)36-13-19-9-10-20(29)38-19)6-4-5-11-30-27-21-24(32-15-34-27)25(21)35-12-18-8-7-17(2)37-18/h14-20,25,27,30H,4-13,29H2,1-3H3,(H,32,34). The van der Waals surface area contributed by atoms with Crippen molar-refractivity contribution in [1.82, 2.24) is 20.6 Å². The van der Waals surface area contributed by atoms with Crippen LogP contribution >= 0.6 is 0 Å².